The Morgan fingerprint density at radius 3 is 2.63 bits per heavy atom. The second-order valence-corrected chi connectivity index (χ2v) is 4.09. The quantitative estimate of drug-likeness (QED) is 0.465. The zero-order valence-corrected chi connectivity index (χ0v) is 10.8. The molecule has 1 unspecified atom stereocenters. The molecule has 0 saturated heterocycles. The second-order valence-electron chi connectivity index (χ2n) is 4.09. The molecule has 1 aromatic carbocycles. The number of ether oxygens (including phenoxy) is 1. The van der Waals surface area contributed by atoms with Gasteiger partial charge in [0.15, 0.2) is 5.96 Å². The van der Waals surface area contributed by atoms with Crippen molar-refractivity contribution >= 4 is 12.1 Å². The Kier molecular flexibility index (Phi) is 6.15. The molecular weight excluding hydrogens is 242 g/mol. The number of carbonyl (C=O) groups excluding carboxylic acids is 1. The van der Waals surface area contributed by atoms with Gasteiger partial charge in [0.1, 0.15) is 6.10 Å². The maximum atomic E-state index is 11.3. The van der Waals surface area contributed by atoms with Gasteiger partial charge in [-0.1, -0.05) is 36.4 Å². The van der Waals surface area contributed by atoms with Crippen LogP contribution >= 0.6 is 0 Å². The van der Waals surface area contributed by atoms with Crippen LogP contribution in [0, 0.1) is 0 Å². The van der Waals surface area contributed by atoms with Gasteiger partial charge in [0.2, 0.25) is 0 Å². The molecule has 0 bridgehead atoms. The molecule has 0 aromatic heterocycles. The number of hydrogen-bond donors (Lipinski definition) is 2. The molecule has 1 atom stereocenters. The highest BCUT2D eigenvalue weighted by Gasteiger charge is 2.12. The van der Waals surface area contributed by atoms with Gasteiger partial charge < -0.3 is 16.2 Å². The van der Waals surface area contributed by atoms with E-state index in [9.17, 15) is 4.79 Å². The summed E-state index contributed by atoms with van der Waals surface area (Å²) >= 11 is 0. The van der Waals surface area contributed by atoms with Crippen molar-refractivity contribution in [3.8, 4) is 0 Å². The highest BCUT2D eigenvalue weighted by molar-refractivity contribution is 5.87. The Hall–Kier alpha value is -2.30. The van der Waals surface area contributed by atoms with Crippen LogP contribution in [0.1, 0.15) is 18.4 Å². The fourth-order valence-electron chi connectivity index (χ4n) is 1.66. The van der Waals surface area contributed by atoms with Gasteiger partial charge in [-0.05, 0) is 18.4 Å². The van der Waals surface area contributed by atoms with Gasteiger partial charge in [0, 0.05) is 6.42 Å². The third kappa shape index (κ3) is 6.26. The van der Waals surface area contributed by atoms with Crippen molar-refractivity contribution in [3.05, 3.63) is 48.6 Å². The van der Waals surface area contributed by atoms with Gasteiger partial charge in [0.25, 0.3) is 0 Å². The minimum Gasteiger partial charge on any atom is -0.444 e. The van der Waals surface area contributed by atoms with E-state index >= 15 is 0 Å². The smallest absolute Gasteiger partial charge is 0.437 e. The number of benzene rings is 1. The van der Waals surface area contributed by atoms with Crippen molar-refractivity contribution in [2.24, 2.45) is 16.5 Å². The Labute approximate surface area is 113 Å². The van der Waals surface area contributed by atoms with Crippen LogP contribution in [-0.2, 0) is 11.2 Å². The molecule has 0 spiro atoms. The van der Waals surface area contributed by atoms with Gasteiger partial charge in [-0.2, -0.15) is 0 Å². The summed E-state index contributed by atoms with van der Waals surface area (Å²) in [6.45, 7) is 3.65. The zero-order chi connectivity index (χ0) is 14.1. The van der Waals surface area contributed by atoms with Crippen molar-refractivity contribution in [3.63, 3.8) is 0 Å². The lowest BCUT2D eigenvalue weighted by molar-refractivity contribution is 0.103. The van der Waals surface area contributed by atoms with Crippen molar-refractivity contribution in [1.82, 2.24) is 0 Å². The van der Waals surface area contributed by atoms with E-state index in [1.165, 1.54) is 5.56 Å². The lowest BCUT2D eigenvalue weighted by atomic mass is 10.1. The van der Waals surface area contributed by atoms with E-state index in [1.807, 2.05) is 30.3 Å². The predicted octanol–water partition coefficient (Wildman–Crippen LogP) is 1.97. The molecule has 5 nitrogen and oxygen atoms in total. The van der Waals surface area contributed by atoms with Gasteiger partial charge in [-0.25, -0.2) is 4.79 Å². The summed E-state index contributed by atoms with van der Waals surface area (Å²) in [4.78, 5) is 14.7. The number of nitrogens with zero attached hydrogens (tertiary/aromatic N) is 1. The highest BCUT2D eigenvalue weighted by Crippen LogP contribution is 2.11. The molecule has 0 heterocycles. The van der Waals surface area contributed by atoms with Gasteiger partial charge in [-0.15, -0.1) is 11.6 Å². The van der Waals surface area contributed by atoms with E-state index in [4.69, 9.17) is 16.2 Å². The average molecular weight is 261 g/mol. The topological polar surface area (TPSA) is 90.7 Å². The third-order valence-corrected chi connectivity index (χ3v) is 2.52. The van der Waals surface area contributed by atoms with E-state index in [2.05, 4.69) is 11.6 Å². The van der Waals surface area contributed by atoms with Crippen LogP contribution in [0.15, 0.2) is 48.0 Å². The van der Waals surface area contributed by atoms with Crippen molar-refractivity contribution in [2.75, 3.05) is 0 Å². The van der Waals surface area contributed by atoms with E-state index < -0.39 is 6.09 Å². The van der Waals surface area contributed by atoms with Crippen molar-refractivity contribution < 1.29 is 9.53 Å². The summed E-state index contributed by atoms with van der Waals surface area (Å²) in [5.41, 5.74) is 11.4. The molecule has 4 N–H and O–H groups in total. The first-order valence-corrected chi connectivity index (χ1v) is 6.07. The lowest BCUT2D eigenvalue weighted by Gasteiger charge is -2.14. The summed E-state index contributed by atoms with van der Waals surface area (Å²) in [5.74, 6) is -0.301. The predicted molar refractivity (Wildman–Crippen MR) is 75.7 cm³/mol. The molecule has 5 heteroatoms. The zero-order valence-electron chi connectivity index (χ0n) is 10.8. The summed E-state index contributed by atoms with van der Waals surface area (Å²) in [6.07, 6.45) is 2.75. The van der Waals surface area contributed by atoms with Crippen LogP contribution in [0.4, 0.5) is 4.79 Å². The number of nitrogens with two attached hydrogens (primary N) is 2. The van der Waals surface area contributed by atoms with E-state index in [0.29, 0.717) is 12.8 Å². The fourth-order valence-corrected chi connectivity index (χ4v) is 1.66. The Morgan fingerprint density at radius 1 is 1.37 bits per heavy atom. The SMILES string of the molecule is C=CCC(CCc1ccccc1)OC(=O)N=C(N)N. The molecule has 1 aromatic rings. The third-order valence-electron chi connectivity index (χ3n) is 2.52. The molecule has 1 rings (SSSR count). The fraction of sp³-hybridized carbons (Fsp3) is 0.286. The number of rotatable bonds is 6. The first-order valence-electron chi connectivity index (χ1n) is 6.07. The van der Waals surface area contributed by atoms with Crippen LogP contribution < -0.4 is 11.5 Å². The first-order chi connectivity index (χ1) is 9.11. The van der Waals surface area contributed by atoms with Crippen LogP contribution in [-0.4, -0.2) is 18.2 Å². The Balaban J connectivity index is 2.51. The van der Waals surface area contributed by atoms with Crippen LogP contribution in [0.25, 0.3) is 0 Å². The molecule has 102 valence electrons. The minimum absolute atomic E-state index is 0.270. The molecule has 0 radical (unpaired) electrons. The molecular formula is C14H19N3O2. The van der Waals surface area contributed by atoms with Crippen LogP contribution in [0.2, 0.25) is 0 Å². The summed E-state index contributed by atoms with van der Waals surface area (Å²) < 4.78 is 5.17. The summed E-state index contributed by atoms with van der Waals surface area (Å²) in [6, 6.07) is 9.97. The van der Waals surface area contributed by atoms with Crippen LogP contribution in [0.5, 0.6) is 0 Å². The number of carbonyl (C=O) groups is 1. The molecule has 0 aliphatic heterocycles. The number of hydrogen-bond acceptors (Lipinski definition) is 2. The highest BCUT2D eigenvalue weighted by atomic mass is 16.6. The van der Waals surface area contributed by atoms with Gasteiger partial charge in [0.05, 0.1) is 0 Å². The summed E-state index contributed by atoms with van der Waals surface area (Å²) in [7, 11) is 0. The number of aryl methyl sites for hydroxylation is 1. The van der Waals surface area contributed by atoms with E-state index in [-0.39, 0.29) is 12.1 Å². The minimum atomic E-state index is -0.764. The lowest BCUT2D eigenvalue weighted by Crippen LogP contribution is -2.26. The largest absolute Gasteiger partial charge is 0.444 e. The second kappa shape index (κ2) is 7.92. The number of guanidine groups is 1. The molecule has 1 amide bonds. The molecule has 19 heavy (non-hydrogen) atoms. The molecule has 0 aliphatic carbocycles. The number of amides is 1. The normalized spacial score (nSPS) is 11.4. The first kappa shape index (κ1) is 14.8. The molecule has 0 saturated carbocycles. The van der Waals surface area contributed by atoms with Gasteiger partial charge >= 0.3 is 6.09 Å². The summed E-state index contributed by atoms with van der Waals surface area (Å²) in [5, 5.41) is 0. The van der Waals surface area contributed by atoms with Crippen molar-refractivity contribution in [2.45, 2.75) is 25.4 Å². The maximum Gasteiger partial charge on any atom is 0.437 e. The Morgan fingerprint density at radius 2 is 2.05 bits per heavy atom. The maximum absolute atomic E-state index is 11.3. The Bertz CT molecular complexity index is 439. The average Bonchev–Trinajstić information content (AvgIpc) is 2.36. The number of aliphatic imine (C=N–C) groups is 1. The van der Waals surface area contributed by atoms with Crippen molar-refractivity contribution in [1.29, 1.82) is 0 Å². The van der Waals surface area contributed by atoms with Crippen LogP contribution in [0.3, 0.4) is 0 Å². The van der Waals surface area contributed by atoms with Gasteiger partial charge in [-0.3, -0.25) is 0 Å². The monoisotopic (exact) mass is 261 g/mol. The molecule has 0 fully saturated rings. The van der Waals surface area contributed by atoms with E-state index in [0.717, 1.165) is 6.42 Å². The van der Waals surface area contributed by atoms with E-state index in [1.54, 1.807) is 6.08 Å². The molecule has 0 aliphatic rings. The standard InChI is InChI=1S/C14H19N3O2/c1-2-6-12(19-14(18)17-13(15)16)10-9-11-7-4-3-5-8-11/h2-5,7-8,12H,1,6,9-10H2,(H4,15,16,17,18).